The number of rotatable bonds is 0. The first-order valence-corrected chi connectivity index (χ1v) is 4.26. The summed E-state index contributed by atoms with van der Waals surface area (Å²) in [7, 11) is 0. The zero-order valence-corrected chi connectivity index (χ0v) is 6.88. The molecule has 0 aromatic carbocycles. The highest BCUT2D eigenvalue weighted by atomic mass is 16.7. The van der Waals surface area contributed by atoms with Crippen molar-refractivity contribution >= 4 is 0 Å². The summed E-state index contributed by atoms with van der Waals surface area (Å²) in [4.78, 5) is 0. The van der Waals surface area contributed by atoms with E-state index in [-0.39, 0.29) is 6.04 Å². The van der Waals surface area contributed by atoms with E-state index in [4.69, 9.17) is 14.7 Å². The first-order chi connectivity index (χ1) is 5.85. The minimum Gasteiger partial charge on any atom is -0.347 e. The van der Waals surface area contributed by atoms with Gasteiger partial charge in [-0.2, -0.15) is 5.26 Å². The fourth-order valence-corrected chi connectivity index (χ4v) is 1.77. The minimum atomic E-state index is -0.439. The number of hydrogen-bond donors (Lipinski definition) is 1. The normalized spacial score (nSPS) is 33.4. The molecule has 2 rings (SSSR count). The fourth-order valence-electron chi connectivity index (χ4n) is 1.77. The molecule has 1 unspecified atom stereocenters. The molecule has 1 N–H and O–H groups in total. The third-order valence-electron chi connectivity index (χ3n) is 2.38. The lowest BCUT2D eigenvalue weighted by molar-refractivity contribution is -0.176. The zero-order chi connectivity index (χ0) is 8.44. The van der Waals surface area contributed by atoms with E-state index in [0.717, 1.165) is 13.0 Å². The standard InChI is InChI=1S/C8H12N2O2/c9-6-7-5-8(1-2-10-7)11-3-4-12-8/h7,10H,1-5H2. The Hall–Kier alpha value is -0.630. The molecule has 0 aromatic heterocycles. The molecule has 2 heterocycles. The van der Waals surface area contributed by atoms with Gasteiger partial charge in [-0.3, -0.25) is 0 Å². The number of ether oxygens (including phenoxy) is 2. The molecule has 0 bridgehead atoms. The van der Waals surface area contributed by atoms with E-state index < -0.39 is 5.79 Å². The number of hydrogen-bond acceptors (Lipinski definition) is 4. The van der Waals surface area contributed by atoms with Crippen LogP contribution in [0.25, 0.3) is 0 Å². The lowest BCUT2D eigenvalue weighted by Crippen LogP contribution is -2.48. The maximum atomic E-state index is 8.71. The molecular formula is C8H12N2O2. The van der Waals surface area contributed by atoms with Crippen LogP contribution in [0.3, 0.4) is 0 Å². The van der Waals surface area contributed by atoms with E-state index in [9.17, 15) is 0 Å². The van der Waals surface area contributed by atoms with Gasteiger partial charge < -0.3 is 14.8 Å². The summed E-state index contributed by atoms with van der Waals surface area (Å²) < 4.78 is 11.0. The van der Waals surface area contributed by atoms with Crippen LogP contribution in [0.4, 0.5) is 0 Å². The lowest BCUT2D eigenvalue weighted by atomic mass is 9.99. The second kappa shape index (κ2) is 3.02. The highest BCUT2D eigenvalue weighted by Crippen LogP contribution is 2.30. The Morgan fingerprint density at radius 3 is 2.83 bits per heavy atom. The maximum Gasteiger partial charge on any atom is 0.172 e. The SMILES string of the molecule is N#CC1CC2(CCN1)OCCO2. The third-order valence-corrected chi connectivity index (χ3v) is 2.38. The Kier molecular flexibility index (Phi) is 2.01. The first kappa shape index (κ1) is 7.99. The molecule has 2 fully saturated rings. The van der Waals surface area contributed by atoms with Crippen LogP contribution in [0, 0.1) is 11.3 Å². The van der Waals surface area contributed by atoms with Gasteiger partial charge in [0.2, 0.25) is 0 Å². The fraction of sp³-hybridized carbons (Fsp3) is 0.875. The van der Waals surface area contributed by atoms with Crippen molar-refractivity contribution in [3.8, 4) is 6.07 Å². The van der Waals surface area contributed by atoms with E-state index >= 15 is 0 Å². The molecule has 0 aromatic rings. The Labute approximate surface area is 71.5 Å². The Morgan fingerprint density at radius 2 is 2.17 bits per heavy atom. The molecule has 0 saturated carbocycles. The van der Waals surface area contributed by atoms with Gasteiger partial charge in [0.25, 0.3) is 0 Å². The van der Waals surface area contributed by atoms with Crippen LogP contribution >= 0.6 is 0 Å². The van der Waals surface area contributed by atoms with Crippen molar-refractivity contribution in [3.63, 3.8) is 0 Å². The van der Waals surface area contributed by atoms with Crippen LogP contribution in [0.5, 0.6) is 0 Å². The Balaban J connectivity index is 2.02. The molecular weight excluding hydrogens is 156 g/mol. The molecule has 0 radical (unpaired) electrons. The molecule has 66 valence electrons. The molecule has 4 nitrogen and oxygen atoms in total. The van der Waals surface area contributed by atoms with Gasteiger partial charge in [0, 0.05) is 19.4 Å². The quantitative estimate of drug-likeness (QED) is 0.553. The topological polar surface area (TPSA) is 54.3 Å². The predicted octanol–water partition coefficient (Wildman–Crippen LogP) is 0.00508. The molecule has 12 heavy (non-hydrogen) atoms. The Morgan fingerprint density at radius 1 is 1.42 bits per heavy atom. The highest BCUT2D eigenvalue weighted by Gasteiger charge is 2.41. The van der Waals surface area contributed by atoms with Gasteiger partial charge in [-0.1, -0.05) is 0 Å². The number of nitriles is 1. The highest BCUT2D eigenvalue weighted by molar-refractivity contribution is 4.98. The molecule has 1 atom stereocenters. The lowest BCUT2D eigenvalue weighted by Gasteiger charge is -2.34. The predicted molar refractivity (Wildman–Crippen MR) is 41.3 cm³/mol. The third kappa shape index (κ3) is 1.31. The van der Waals surface area contributed by atoms with Crippen LogP contribution in [-0.4, -0.2) is 31.6 Å². The van der Waals surface area contributed by atoms with Crippen molar-refractivity contribution in [1.82, 2.24) is 5.32 Å². The molecule has 0 amide bonds. The van der Waals surface area contributed by atoms with Crippen LogP contribution in [0.2, 0.25) is 0 Å². The number of nitrogens with one attached hydrogen (secondary N) is 1. The second-order valence-corrected chi connectivity index (χ2v) is 3.20. The van der Waals surface area contributed by atoms with Crippen LogP contribution in [0.15, 0.2) is 0 Å². The molecule has 0 aliphatic carbocycles. The summed E-state index contributed by atoms with van der Waals surface area (Å²) in [5, 5.41) is 11.8. The van der Waals surface area contributed by atoms with Gasteiger partial charge in [0.15, 0.2) is 5.79 Å². The van der Waals surface area contributed by atoms with E-state index in [1.54, 1.807) is 0 Å². The molecule has 2 saturated heterocycles. The molecule has 1 spiro atoms. The summed E-state index contributed by atoms with van der Waals surface area (Å²) in [6.07, 6.45) is 1.51. The number of piperidine rings is 1. The smallest absolute Gasteiger partial charge is 0.172 e. The summed E-state index contributed by atoms with van der Waals surface area (Å²) in [6, 6.07) is 2.07. The van der Waals surface area contributed by atoms with Crippen molar-refractivity contribution in [2.45, 2.75) is 24.7 Å². The molecule has 4 heteroatoms. The van der Waals surface area contributed by atoms with Gasteiger partial charge >= 0.3 is 0 Å². The van der Waals surface area contributed by atoms with Crippen molar-refractivity contribution in [2.24, 2.45) is 0 Å². The minimum absolute atomic E-state index is 0.114. The van der Waals surface area contributed by atoms with Gasteiger partial charge in [0.1, 0.15) is 6.04 Å². The first-order valence-electron chi connectivity index (χ1n) is 4.26. The molecule has 2 aliphatic rings. The van der Waals surface area contributed by atoms with Gasteiger partial charge in [0.05, 0.1) is 19.3 Å². The average molecular weight is 168 g/mol. The zero-order valence-electron chi connectivity index (χ0n) is 6.88. The molecule has 2 aliphatic heterocycles. The monoisotopic (exact) mass is 168 g/mol. The van der Waals surface area contributed by atoms with Crippen molar-refractivity contribution < 1.29 is 9.47 Å². The van der Waals surface area contributed by atoms with Crippen LogP contribution in [-0.2, 0) is 9.47 Å². The summed E-state index contributed by atoms with van der Waals surface area (Å²) in [6.45, 7) is 2.13. The van der Waals surface area contributed by atoms with Crippen molar-refractivity contribution in [2.75, 3.05) is 19.8 Å². The second-order valence-electron chi connectivity index (χ2n) is 3.20. The van der Waals surface area contributed by atoms with Crippen LogP contribution in [0.1, 0.15) is 12.8 Å². The van der Waals surface area contributed by atoms with E-state index in [1.807, 2.05) is 0 Å². The largest absolute Gasteiger partial charge is 0.347 e. The van der Waals surface area contributed by atoms with Crippen LogP contribution < -0.4 is 5.32 Å². The maximum absolute atomic E-state index is 8.71. The van der Waals surface area contributed by atoms with Gasteiger partial charge in [-0.15, -0.1) is 0 Å². The summed E-state index contributed by atoms with van der Waals surface area (Å²) in [5.41, 5.74) is 0. The summed E-state index contributed by atoms with van der Waals surface area (Å²) in [5.74, 6) is -0.439. The van der Waals surface area contributed by atoms with Crippen molar-refractivity contribution in [1.29, 1.82) is 5.26 Å². The van der Waals surface area contributed by atoms with E-state index in [1.165, 1.54) is 0 Å². The van der Waals surface area contributed by atoms with E-state index in [2.05, 4.69) is 11.4 Å². The average Bonchev–Trinajstić information content (AvgIpc) is 2.53. The van der Waals surface area contributed by atoms with Gasteiger partial charge in [-0.25, -0.2) is 0 Å². The number of nitrogens with zero attached hydrogens (tertiary/aromatic N) is 1. The van der Waals surface area contributed by atoms with E-state index in [0.29, 0.717) is 19.6 Å². The Bertz CT molecular complexity index is 206. The van der Waals surface area contributed by atoms with Crippen molar-refractivity contribution in [3.05, 3.63) is 0 Å². The summed E-state index contributed by atoms with van der Waals surface area (Å²) >= 11 is 0. The van der Waals surface area contributed by atoms with Gasteiger partial charge in [-0.05, 0) is 0 Å².